The second-order valence-electron chi connectivity index (χ2n) is 4.01. The maximum Gasteiger partial charge on any atom is 0.165 e. The van der Waals surface area contributed by atoms with E-state index in [0.29, 0.717) is 0 Å². The number of benzene rings is 1. The van der Waals surface area contributed by atoms with E-state index in [9.17, 15) is 8.78 Å². The zero-order valence-electron chi connectivity index (χ0n) is 10.4. The Kier molecular flexibility index (Phi) is 5.46. The molecule has 0 fully saturated rings. The molecule has 0 unspecified atom stereocenters. The van der Waals surface area contributed by atoms with Gasteiger partial charge in [0.2, 0.25) is 0 Å². The Morgan fingerprint density at radius 2 is 1.83 bits per heavy atom. The summed E-state index contributed by atoms with van der Waals surface area (Å²) in [6.45, 7) is -0.432. The first kappa shape index (κ1) is 14.8. The summed E-state index contributed by atoms with van der Waals surface area (Å²) in [7, 11) is 2.87. The largest absolute Gasteiger partial charge is 0.494 e. The molecule has 6 heteroatoms. The van der Waals surface area contributed by atoms with Gasteiger partial charge in [0.1, 0.15) is 5.82 Å². The second-order valence-corrected chi connectivity index (χ2v) is 4.01. The quantitative estimate of drug-likeness (QED) is 0.794. The molecule has 18 heavy (non-hydrogen) atoms. The van der Waals surface area contributed by atoms with Crippen LogP contribution in [0, 0.1) is 11.6 Å². The first-order valence-corrected chi connectivity index (χ1v) is 5.47. The molecule has 0 saturated heterocycles. The molecule has 1 aromatic carbocycles. The van der Waals surface area contributed by atoms with Crippen molar-refractivity contribution in [1.29, 1.82) is 0 Å². The highest BCUT2D eigenvalue weighted by atomic mass is 19.1. The van der Waals surface area contributed by atoms with E-state index in [1.165, 1.54) is 7.11 Å². The highest BCUT2D eigenvalue weighted by molar-refractivity contribution is 5.30. The van der Waals surface area contributed by atoms with Crippen molar-refractivity contribution < 1.29 is 23.7 Å². The minimum absolute atomic E-state index is 0.0819. The van der Waals surface area contributed by atoms with Crippen LogP contribution in [-0.2, 0) is 6.54 Å². The van der Waals surface area contributed by atoms with E-state index in [2.05, 4.69) is 4.74 Å². The fourth-order valence-electron chi connectivity index (χ4n) is 1.58. The first-order valence-electron chi connectivity index (χ1n) is 5.47. The van der Waals surface area contributed by atoms with Gasteiger partial charge in [0.15, 0.2) is 11.6 Å². The topological polar surface area (TPSA) is 52.9 Å². The molecule has 0 aliphatic rings. The number of rotatable bonds is 6. The van der Waals surface area contributed by atoms with Crippen LogP contribution in [0.4, 0.5) is 8.78 Å². The minimum Gasteiger partial charge on any atom is -0.494 e. The van der Waals surface area contributed by atoms with E-state index in [1.807, 2.05) is 0 Å². The molecule has 0 heterocycles. The lowest BCUT2D eigenvalue weighted by atomic mass is 10.1. The summed E-state index contributed by atoms with van der Waals surface area (Å²) in [4.78, 5) is 1.55. The van der Waals surface area contributed by atoms with Gasteiger partial charge in [-0.05, 0) is 13.1 Å². The second kappa shape index (κ2) is 6.63. The molecule has 0 radical (unpaired) electrons. The molecule has 0 aliphatic heterocycles. The lowest BCUT2D eigenvalue weighted by Crippen LogP contribution is -2.37. The molecule has 0 atom stereocenters. The van der Waals surface area contributed by atoms with Crippen LogP contribution in [0.1, 0.15) is 5.56 Å². The Morgan fingerprint density at radius 3 is 2.33 bits per heavy atom. The number of likely N-dealkylation sites (N-methyl/N-ethyl adjacent to an activating group) is 1. The van der Waals surface area contributed by atoms with Gasteiger partial charge in [-0.2, -0.15) is 0 Å². The zero-order chi connectivity index (χ0) is 13.7. The molecule has 4 nitrogen and oxygen atoms in total. The van der Waals surface area contributed by atoms with E-state index in [1.54, 1.807) is 11.9 Å². The standard InChI is InChI=1S/C12H17F2NO3/c1-15(9(6-16)7-17)5-8-3-11(14)12(18-2)4-10(8)13/h3-4,9,16-17H,5-7H2,1-2H3. The van der Waals surface area contributed by atoms with Gasteiger partial charge in [0, 0.05) is 18.2 Å². The molecule has 1 rings (SSSR count). The highest BCUT2D eigenvalue weighted by Crippen LogP contribution is 2.22. The van der Waals surface area contributed by atoms with Crippen LogP contribution in [0.2, 0.25) is 0 Å². The molecule has 0 aliphatic carbocycles. The maximum absolute atomic E-state index is 13.7. The highest BCUT2D eigenvalue weighted by Gasteiger charge is 2.16. The summed E-state index contributed by atoms with van der Waals surface area (Å²) in [5, 5.41) is 18.0. The van der Waals surface area contributed by atoms with E-state index < -0.39 is 17.7 Å². The molecule has 1 aromatic rings. The molecule has 0 saturated carbocycles. The van der Waals surface area contributed by atoms with Crippen molar-refractivity contribution in [1.82, 2.24) is 4.90 Å². The van der Waals surface area contributed by atoms with E-state index in [0.717, 1.165) is 12.1 Å². The van der Waals surface area contributed by atoms with Crippen LogP contribution >= 0.6 is 0 Å². The van der Waals surface area contributed by atoms with Crippen molar-refractivity contribution in [2.45, 2.75) is 12.6 Å². The predicted molar refractivity (Wildman–Crippen MR) is 62.3 cm³/mol. The summed E-state index contributed by atoms with van der Waals surface area (Å²) in [5.41, 5.74) is 0.141. The van der Waals surface area contributed by atoms with Crippen LogP contribution in [0.25, 0.3) is 0 Å². The first-order chi connectivity index (χ1) is 8.53. The number of nitrogens with zero attached hydrogens (tertiary/aromatic N) is 1. The van der Waals surface area contributed by atoms with Crippen molar-refractivity contribution in [2.75, 3.05) is 27.4 Å². The minimum atomic E-state index is -0.646. The summed E-state index contributed by atoms with van der Waals surface area (Å²) in [5.74, 6) is -1.39. The van der Waals surface area contributed by atoms with Gasteiger partial charge in [-0.15, -0.1) is 0 Å². The Hall–Kier alpha value is -1.24. The number of methoxy groups -OCH3 is 1. The maximum atomic E-state index is 13.7. The van der Waals surface area contributed by atoms with Gasteiger partial charge in [-0.1, -0.05) is 0 Å². The van der Waals surface area contributed by atoms with Crippen LogP contribution in [-0.4, -0.2) is 48.5 Å². The van der Waals surface area contributed by atoms with Crippen LogP contribution in [0.15, 0.2) is 12.1 Å². The summed E-state index contributed by atoms with van der Waals surface area (Å²) < 4.78 is 31.8. The Labute approximate surface area is 104 Å². The fraction of sp³-hybridized carbons (Fsp3) is 0.500. The summed E-state index contributed by atoms with van der Waals surface area (Å²) in [6.07, 6.45) is 0. The molecule has 2 N–H and O–H groups in total. The average molecular weight is 261 g/mol. The third kappa shape index (κ3) is 3.38. The Balaban J connectivity index is 2.88. The van der Waals surface area contributed by atoms with Crippen LogP contribution < -0.4 is 4.74 Å². The van der Waals surface area contributed by atoms with Crippen LogP contribution in [0.5, 0.6) is 5.75 Å². The van der Waals surface area contributed by atoms with E-state index in [-0.39, 0.29) is 31.1 Å². The third-order valence-electron chi connectivity index (χ3n) is 2.79. The monoisotopic (exact) mass is 261 g/mol. The normalized spacial score (nSPS) is 11.3. The van der Waals surface area contributed by atoms with Crippen molar-refractivity contribution in [3.8, 4) is 5.75 Å². The number of aliphatic hydroxyl groups is 2. The molecule has 0 aromatic heterocycles. The van der Waals surface area contributed by atoms with Gasteiger partial charge >= 0.3 is 0 Å². The molecule has 0 spiro atoms. The van der Waals surface area contributed by atoms with Crippen LogP contribution in [0.3, 0.4) is 0 Å². The number of ether oxygens (including phenoxy) is 1. The molecule has 0 bridgehead atoms. The smallest absolute Gasteiger partial charge is 0.165 e. The van der Waals surface area contributed by atoms with Gasteiger partial charge in [-0.3, -0.25) is 4.90 Å². The lowest BCUT2D eigenvalue weighted by molar-refractivity contribution is 0.0866. The number of aliphatic hydroxyl groups excluding tert-OH is 2. The van der Waals surface area contributed by atoms with E-state index >= 15 is 0 Å². The number of hydrogen-bond donors (Lipinski definition) is 2. The van der Waals surface area contributed by atoms with Crippen molar-refractivity contribution in [3.05, 3.63) is 29.3 Å². The molecule has 102 valence electrons. The van der Waals surface area contributed by atoms with Crippen molar-refractivity contribution in [2.24, 2.45) is 0 Å². The fourth-order valence-corrected chi connectivity index (χ4v) is 1.58. The van der Waals surface area contributed by atoms with Gasteiger partial charge in [0.25, 0.3) is 0 Å². The average Bonchev–Trinajstić information content (AvgIpc) is 2.34. The van der Waals surface area contributed by atoms with Gasteiger partial charge < -0.3 is 14.9 Å². The Bertz CT molecular complexity index is 397. The van der Waals surface area contributed by atoms with E-state index in [4.69, 9.17) is 10.2 Å². The van der Waals surface area contributed by atoms with Crippen molar-refractivity contribution in [3.63, 3.8) is 0 Å². The number of halogens is 2. The summed E-state index contributed by atoms with van der Waals surface area (Å²) in [6, 6.07) is 1.52. The number of hydrogen-bond acceptors (Lipinski definition) is 4. The lowest BCUT2D eigenvalue weighted by Gasteiger charge is -2.24. The third-order valence-corrected chi connectivity index (χ3v) is 2.79. The van der Waals surface area contributed by atoms with Gasteiger partial charge in [-0.25, -0.2) is 8.78 Å². The molecular weight excluding hydrogens is 244 g/mol. The Morgan fingerprint density at radius 1 is 1.22 bits per heavy atom. The van der Waals surface area contributed by atoms with Crippen molar-refractivity contribution >= 4 is 0 Å². The SMILES string of the molecule is COc1cc(F)c(CN(C)C(CO)CO)cc1F. The molecular formula is C12H17F2NO3. The zero-order valence-corrected chi connectivity index (χ0v) is 10.4. The summed E-state index contributed by atoms with van der Waals surface area (Å²) >= 11 is 0. The van der Waals surface area contributed by atoms with Gasteiger partial charge in [0.05, 0.1) is 26.4 Å². The predicted octanol–water partition coefficient (Wildman–Crippen LogP) is 0.758. The molecule has 0 amide bonds.